The van der Waals surface area contributed by atoms with Crippen LogP contribution in [0.3, 0.4) is 0 Å². The number of hydrogen-bond acceptors (Lipinski definition) is 4. The summed E-state index contributed by atoms with van der Waals surface area (Å²) < 4.78 is 28.6. The van der Waals surface area contributed by atoms with Gasteiger partial charge in [0.15, 0.2) is 0 Å². The highest BCUT2D eigenvalue weighted by Crippen LogP contribution is 2.32. The zero-order valence-corrected chi connectivity index (χ0v) is 12.5. The minimum Gasteiger partial charge on any atom is -0.488 e. The van der Waals surface area contributed by atoms with Gasteiger partial charge in [-0.05, 0) is 37.3 Å². The van der Waals surface area contributed by atoms with Gasteiger partial charge in [0.1, 0.15) is 5.75 Å². The van der Waals surface area contributed by atoms with Crippen LogP contribution >= 0.6 is 0 Å². The van der Waals surface area contributed by atoms with Crippen molar-refractivity contribution < 1.29 is 13.2 Å². The Bertz CT molecular complexity index is 572. The second kappa shape index (κ2) is 6.01. The lowest BCUT2D eigenvalue weighted by molar-refractivity contribution is 0.122. The van der Waals surface area contributed by atoms with Gasteiger partial charge in [0, 0.05) is 6.07 Å². The fourth-order valence-corrected chi connectivity index (χ4v) is 3.22. The van der Waals surface area contributed by atoms with E-state index in [9.17, 15) is 8.42 Å². The first kappa shape index (κ1) is 15.1. The normalized spacial score (nSPS) is 23.5. The number of primary sulfonamides is 1. The number of hydrogen-bond donors (Lipinski definition) is 2. The van der Waals surface area contributed by atoms with E-state index in [1.54, 1.807) is 0 Å². The molecule has 6 heteroatoms. The molecule has 0 aromatic heterocycles. The van der Waals surface area contributed by atoms with E-state index in [1.807, 2.05) is 0 Å². The molecule has 0 amide bonds. The molecule has 5 nitrogen and oxygen atoms in total. The van der Waals surface area contributed by atoms with Gasteiger partial charge in [0.05, 0.1) is 16.7 Å². The van der Waals surface area contributed by atoms with Crippen molar-refractivity contribution in [1.29, 1.82) is 0 Å². The lowest BCUT2D eigenvalue weighted by atomic mass is 9.85. The van der Waals surface area contributed by atoms with Crippen molar-refractivity contribution in [3.63, 3.8) is 0 Å². The molecule has 0 aliphatic heterocycles. The van der Waals surface area contributed by atoms with Crippen LogP contribution in [0.2, 0.25) is 0 Å². The molecule has 1 aliphatic rings. The van der Waals surface area contributed by atoms with Gasteiger partial charge in [0.25, 0.3) is 0 Å². The van der Waals surface area contributed by atoms with E-state index < -0.39 is 10.0 Å². The lowest BCUT2D eigenvalue weighted by Gasteiger charge is -2.29. The number of ether oxygens (including phenoxy) is 1. The molecule has 2 rings (SSSR count). The summed E-state index contributed by atoms with van der Waals surface area (Å²) in [5, 5.41) is 5.13. The molecule has 1 fully saturated rings. The van der Waals surface area contributed by atoms with Crippen molar-refractivity contribution in [3.8, 4) is 5.75 Å². The van der Waals surface area contributed by atoms with Gasteiger partial charge in [-0.25, -0.2) is 13.6 Å². The van der Waals surface area contributed by atoms with Gasteiger partial charge >= 0.3 is 0 Å². The van der Waals surface area contributed by atoms with Gasteiger partial charge in [-0.1, -0.05) is 19.8 Å². The van der Waals surface area contributed by atoms with E-state index in [1.165, 1.54) is 24.6 Å². The fourth-order valence-electron chi connectivity index (χ4n) is 2.69. The molecule has 2 unspecified atom stereocenters. The Balaban J connectivity index is 2.16. The van der Waals surface area contributed by atoms with Crippen LogP contribution in [0.5, 0.6) is 5.75 Å². The van der Waals surface area contributed by atoms with Crippen LogP contribution in [0.25, 0.3) is 0 Å². The predicted molar refractivity (Wildman–Crippen MR) is 78.9 cm³/mol. The lowest BCUT2D eigenvalue weighted by Crippen LogP contribution is -2.25. The molecule has 1 aliphatic carbocycles. The van der Waals surface area contributed by atoms with Crippen LogP contribution in [0.4, 0.5) is 5.69 Å². The zero-order valence-electron chi connectivity index (χ0n) is 11.7. The molecule has 4 N–H and O–H groups in total. The van der Waals surface area contributed by atoms with Crippen LogP contribution in [0.15, 0.2) is 23.1 Å². The average Bonchev–Trinajstić information content (AvgIpc) is 2.40. The molecule has 1 saturated carbocycles. The fraction of sp³-hybridized carbons (Fsp3) is 0.571. The van der Waals surface area contributed by atoms with E-state index in [-0.39, 0.29) is 11.0 Å². The van der Waals surface area contributed by atoms with Gasteiger partial charge in [-0.15, -0.1) is 0 Å². The molecular formula is C14H22N2O3S. The summed E-state index contributed by atoms with van der Waals surface area (Å²) in [5.74, 6) is 1.09. The monoisotopic (exact) mass is 298 g/mol. The Kier molecular flexibility index (Phi) is 4.55. The maximum Gasteiger partial charge on any atom is 0.238 e. The third-order valence-corrected chi connectivity index (χ3v) is 4.83. The number of nitrogen functional groups attached to an aromatic ring is 1. The quantitative estimate of drug-likeness (QED) is 0.833. The standard InChI is InChI=1S/C14H22N2O3S/c1-2-10-4-3-5-11(8-10)19-14-9-12(20(16,17)18)6-7-13(14)15/h6-7,9-11H,2-5,8,15H2,1H3,(H2,16,17,18). The molecule has 0 spiro atoms. The van der Waals surface area contributed by atoms with Crippen molar-refractivity contribution in [1.82, 2.24) is 0 Å². The molecular weight excluding hydrogens is 276 g/mol. The van der Waals surface area contributed by atoms with Gasteiger partial charge in [-0.3, -0.25) is 0 Å². The summed E-state index contributed by atoms with van der Waals surface area (Å²) in [6, 6.07) is 4.34. The maximum absolute atomic E-state index is 11.4. The third-order valence-electron chi connectivity index (χ3n) is 3.92. The summed E-state index contributed by atoms with van der Waals surface area (Å²) in [4.78, 5) is 0.0320. The SMILES string of the molecule is CCC1CCCC(Oc2cc(S(N)(=O)=O)ccc2N)C1. The molecule has 0 saturated heterocycles. The predicted octanol–water partition coefficient (Wildman–Crippen LogP) is 2.26. The van der Waals surface area contributed by atoms with Crippen LogP contribution in [-0.4, -0.2) is 14.5 Å². The largest absolute Gasteiger partial charge is 0.488 e. The molecule has 0 radical (unpaired) electrons. The van der Waals surface area contributed by atoms with E-state index in [0.29, 0.717) is 17.4 Å². The van der Waals surface area contributed by atoms with Gasteiger partial charge < -0.3 is 10.5 Å². The minimum absolute atomic E-state index is 0.0320. The highest BCUT2D eigenvalue weighted by molar-refractivity contribution is 7.89. The van der Waals surface area contributed by atoms with Crippen molar-refractivity contribution in [3.05, 3.63) is 18.2 Å². The first-order valence-electron chi connectivity index (χ1n) is 6.99. The molecule has 1 aromatic carbocycles. The number of rotatable bonds is 4. The third kappa shape index (κ3) is 3.64. The van der Waals surface area contributed by atoms with Crippen molar-refractivity contribution in [2.24, 2.45) is 11.1 Å². The molecule has 2 atom stereocenters. The maximum atomic E-state index is 11.4. The summed E-state index contributed by atoms with van der Waals surface area (Å²) in [6.45, 7) is 2.18. The van der Waals surface area contributed by atoms with Crippen molar-refractivity contribution in [2.75, 3.05) is 5.73 Å². The molecule has 0 bridgehead atoms. The van der Waals surface area contributed by atoms with Gasteiger partial charge in [-0.2, -0.15) is 0 Å². The van der Waals surface area contributed by atoms with E-state index in [2.05, 4.69) is 6.92 Å². The van der Waals surface area contributed by atoms with E-state index >= 15 is 0 Å². The van der Waals surface area contributed by atoms with Gasteiger partial charge in [0.2, 0.25) is 10.0 Å². The first-order valence-corrected chi connectivity index (χ1v) is 8.53. The molecule has 20 heavy (non-hydrogen) atoms. The van der Waals surface area contributed by atoms with Crippen LogP contribution in [-0.2, 0) is 10.0 Å². The topological polar surface area (TPSA) is 95.4 Å². The Morgan fingerprint density at radius 1 is 1.35 bits per heavy atom. The zero-order chi connectivity index (χ0) is 14.8. The number of benzene rings is 1. The second-order valence-corrected chi connectivity index (χ2v) is 6.99. The smallest absolute Gasteiger partial charge is 0.238 e. The number of anilines is 1. The summed E-state index contributed by atoms with van der Waals surface area (Å²) in [7, 11) is -3.73. The Labute approximate surface area is 120 Å². The molecule has 0 heterocycles. The van der Waals surface area contributed by atoms with E-state index in [0.717, 1.165) is 25.7 Å². The molecule has 112 valence electrons. The Morgan fingerprint density at radius 3 is 2.75 bits per heavy atom. The van der Waals surface area contributed by atoms with Crippen molar-refractivity contribution >= 4 is 15.7 Å². The highest BCUT2D eigenvalue weighted by atomic mass is 32.2. The second-order valence-electron chi connectivity index (χ2n) is 5.43. The van der Waals surface area contributed by atoms with Crippen LogP contribution in [0.1, 0.15) is 39.0 Å². The molecule has 1 aromatic rings. The summed E-state index contributed by atoms with van der Waals surface area (Å²) in [5.41, 5.74) is 6.30. The summed E-state index contributed by atoms with van der Waals surface area (Å²) in [6.07, 6.45) is 5.60. The van der Waals surface area contributed by atoms with E-state index in [4.69, 9.17) is 15.6 Å². The van der Waals surface area contributed by atoms with Crippen LogP contribution in [0, 0.1) is 5.92 Å². The average molecular weight is 298 g/mol. The summed E-state index contributed by atoms with van der Waals surface area (Å²) >= 11 is 0. The van der Waals surface area contributed by atoms with Crippen molar-refractivity contribution in [2.45, 2.75) is 50.0 Å². The van der Waals surface area contributed by atoms with Crippen LogP contribution < -0.4 is 15.6 Å². The Hall–Kier alpha value is -1.27. The number of nitrogens with two attached hydrogens (primary N) is 2. The minimum atomic E-state index is -3.73. The Morgan fingerprint density at radius 2 is 2.10 bits per heavy atom. The highest BCUT2D eigenvalue weighted by Gasteiger charge is 2.23. The number of sulfonamides is 1. The first-order chi connectivity index (χ1) is 9.40.